The molecule has 2 aliphatic rings. The normalized spacial score (nSPS) is 41.5. The molecule has 0 aromatic heterocycles. The predicted octanol–water partition coefficient (Wildman–Crippen LogP) is 1.98. The van der Waals surface area contributed by atoms with Crippen LogP contribution in [0.3, 0.4) is 0 Å². The van der Waals surface area contributed by atoms with Crippen molar-refractivity contribution in [3.8, 4) is 0 Å². The van der Waals surface area contributed by atoms with E-state index >= 15 is 0 Å². The molecule has 1 heterocycles. The fourth-order valence-corrected chi connectivity index (χ4v) is 2.50. The molecule has 0 aromatic carbocycles. The van der Waals surface area contributed by atoms with Crippen LogP contribution in [-0.2, 0) is 9.53 Å². The lowest BCUT2D eigenvalue weighted by Gasteiger charge is -2.28. The van der Waals surface area contributed by atoms with E-state index in [2.05, 4.69) is 13.8 Å². The number of fused-ring (bicyclic) bond motifs is 1. The van der Waals surface area contributed by atoms with Crippen molar-refractivity contribution in [2.75, 3.05) is 0 Å². The van der Waals surface area contributed by atoms with Crippen molar-refractivity contribution >= 4 is 5.97 Å². The Bertz CT molecular complexity index is 238. The maximum absolute atomic E-state index is 11.4. The Balaban J connectivity index is 2.21. The third-order valence-electron chi connectivity index (χ3n) is 3.39. The molecule has 0 unspecified atom stereocenters. The first-order valence-corrected chi connectivity index (χ1v) is 4.57. The Morgan fingerprint density at radius 3 is 2.42 bits per heavy atom. The Morgan fingerprint density at radius 2 is 1.92 bits per heavy atom. The first-order valence-electron chi connectivity index (χ1n) is 4.57. The molecule has 0 N–H and O–H groups in total. The molecular weight excluding hydrogens is 152 g/mol. The van der Waals surface area contributed by atoms with E-state index in [1.54, 1.807) is 0 Å². The van der Waals surface area contributed by atoms with Crippen LogP contribution in [-0.4, -0.2) is 11.6 Å². The minimum absolute atomic E-state index is 0.0150. The molecule has 2 heteroatoms. The summed E-state index contributed by atoms with van der Waals surface area (Å²) in [7, 11) is 0. The Labute approximate surface area is 73.3 Å². The van der Waals surface area contributed by atoms with Gasteiger partial charge in [-0.05, 0) is 31.6 Å². The lowest BCUT2D eigenvalue weighted by molar-refractivity contribution is -0.164. The van der Waals surface area contributed by atoms with Crippen LogP contribution in [0.1, 0.15) is 34.1 Å². The van der Waals surface area contributed by atoms with Crippen molar-refractivity contribution in [1.82, 2.24) is 0 Å². The lowest BCUT2D eigenvalue weighted by Crippen LogP contribution is -2.33. The number of carbonyl (C=O) groups is 1. The molecule has 2 nitrogen and oxygen atoms in total. The van der Waals surface area contributed by atoms with Crippen molar-refractivity contribution in [2.24, 2.45) is 17.3 Å². The van der Waals surface area contributed by atoms with Crippen LogP contribution in [0, 0.1) is 17.3 Å². The molecule has 0 radical (unpaired) electrons. The number of rotatable bonds is 0. The van der Waals surface area contributed by atoms with E-state index in [4.69, 9.17) is 4.74 Å². The van der Waals surface area contributed by atoms with Crippen LogP contribution in [0.2, 0.25) is 0 Å². The monoisotopic (exact) mass is 168 g/mol. The minimum Gasteiger partial charge on any atom is -0.459 e. The van der Waals surface area contributed by atoms with Gasteiger partial charge in [-0.15, -0.1) is 0 Å². The minimum atomic E-state index is -0.230. The summed E-state index contributed by atoms with van der Waals surface area (Å²) in [6, 6.07) is 0. The molecule has 0 spiro atoms. The van der Waals surface area contributed by atoms with Gasteiger partial charge in [0.2, 0.25) is 0 Å². The average molecular weight is 168 g/mol. The van der Waals surface area contributed by atoms with Gasteiger partial charge in [-0.3, -0.25) is 4.79 Å². The Kier molecular flexibility index (Phi) is 1.25. The van der Waals surface area contributed by atoms with Crippen LogP contribution < -0.4 is 0 Å². The molecule has 2 rings (SSSR count). The van der Waals surface area contributed by atoms with E-state index in [-0.39, 0.29) is 22.9 Å². The average Bonchev–Trinajstić information content (AvgIpc) is 2.30. The van der Waals surface area contributed by atoms with Gasteiger partial charge in [-0.25, -0.2) is 0 Å². The molecule has 2 fully saturated rings. The number of hydrogen-bond donors (Lipinski definition) is 0. The van der Waals surface area contributed by atoms with Gasteiger partial charge in [0.15, 0.2) is 0 Å². The standard InChI is InChI=1S/C10H16O2/c1-9(2)5-6-7(8(11)12-9)10(6,3)4/h6-7H,5H2,1-4H3/t6-,7+/m1/s1. The fraction of sp³-hybridized carbons (Fsp3) is 0.900. The number of cyclic esters (lactones) is 1. The molecule has 68 valence electrons. The highest BCUT2D eigenvalue weighted by Crippen LogP contribution is 2.64. The SMILES string of the molecule is CC1(C)C[C@@H]2[C@@H](C(=O)O1)C2(C)C. The quantitative estimate of drug-likeness (QED) is 0.517. The highest BCUT2D eigenvalue weighted by atomic mass is 16.6. The van der Waals surface area contributed by atoms with Gasteiger partial charge in [-0.1, -0.05) is 13.8 Å². The van der Waals surface area contributed by atoms with Gasteiger partial charge < -0.3 is 4.74 Å². The van der Waals surface area contributed by atoms with Crippen molar-refractivity contribution in [1.29, 1.82) is 0 Å². The summed E-state index contributed by atoms with van der Waals surface area (Å²) in [5, 5.41) is 0. The van der Waals surface area contributed by atoms with Crippen LogP contribution in [0.15, 0.2) is 0 Å². The molecule has 1 aliphatic carbocycles. The van der Waals surface area contributed by atoms with E-state index in [1.807, 2.05) is 13.8 Å². The van der Waals surface area contributed by atoms with Crippen molar-refractivity contribution < 1.29 is 9.53 Å². The summed E-state index contributed by atoms with van der Waals surface area (Å²) in [6.07, 6.45) is 1.02. The maximum atomic E-state index is 11.4. The molecule has 1 saturated heterocycles. The molecular formula is C10H16O2. The summed E-state index contributed by atoms with van der Waals surface area (Å²) in [4.78, 5) is 11.4. The third kappa shape index (κ3) is 0.900. The van der Waals surface area contributed by atoms with Crippen LogP contribution >= 0.6 is 0 Å². The van der Waals surface area contributed by atoms with E-state index in [1.165, 1.54) is 0 Å². The number of esters is 1. The van der Waals surface area contributed by atoms with Crippen LogP contribution in [0.4, 0.5) is 0 Å². The summed E-state index contributed by atoms with van der Waals surface area (Å²) in [6.45, 7) is 8.31. The number of hydrogen-bond acceptors (Lipinski definition) is 2. The zero-order valence-corrected chi connectivity index (χ0v) is 8.18. The summed E-state index contributed by atoms with van der Waals surface area (Å²) in [5.74, 6) is 0.764. The van der Waals surface area contributed by atoms with Crippen molar-refractivity contribution in [3.63, 3.8) is 0 Å². The molecule has 0 aromatic rings. The maximum Gasteiger partial charge on any atom is 0.310 e. The summed E-state index contributed by atoms with van der Waals surface area (Å²) >= 11 is 0. The molecule has 0 amide bonds. The van der Waals surface area contributed by atoms with Gasteiger partial charge in [-0.2, -0.15) is 0 Å². The number of ether oxygens (including phenoxy) is 1. The molecule has 12 heavy (non-hydrogen) atoms. The van der Waals surface area contributed by atoms with E-state index in [0.29, 0.717) is 5.92 Å². The molecule has 2 atom stereocenters. The van der Waals surface area contributed by atoms with Crippen molar-refractivity contribution in [2.45, 2.75) is 39.7 Å². The van der Waals surface area contributed by atoms with Gasteiger partial charge in [0, 0.05) is 0 Å². The molecule has 0 bridgehead atoms. The van der Waals surface area contributed by atoms with E-state index in [0.717, 1.165) is 6.42 Å². The third-order valence-corrected chi connectivity index (χ3v) is 3.39. The van der Waals surface area contributed by atoms with Crippen molar-refractivity contribution in [3.05, 3.63) is 0 Å². The van der Waals surface area contributed by atoms with Gasteiger partial charge >= 0.3 is 5.97 Å². The zero-order chi connectivity index (χ0) is 9.15. The number of carbonyl (C=O) groups excluding carboxylic acids is 1. The van der Waals surface area contributed by atoms with Gasteiger partial charge in [0.25, 0.3) is 0 Å². The van der Waals surface area contributed by atoms with Crippen LogP contribution in [0.25, 0.3) is 0 Å². The first kappa shape index (κ1) is 8.09. The molecule has 1 aliphatic heterocycles. The van der Waals surface area contributed by atoms with Gasteiger partial charge in [0.05, 0.1) is 5.92 Å². The topological polar surface area (TPSA) is 26.3 Å². The largest absolute Gasteiger partial charge is 0.459 e. The Morgan fingerprint density at radius 1 is 1.33 bits per heavy atom. The van der Waals surface area contributed by atoms with Gasteiger partial charge in [0.1, 0.15) is 5.60 Å². The zero-order valence-electron chi connectivity index (χ0n) is 8.18. The van der Waals surface area contributed by atoms with E-state index < -0.39 is 0 Å². The lowest BCUT2D eigenvalue weighted by atomic mass is 9.96. The second-order valence-corrected chi connectivity index (χ2v) is 5.29. The van der Waals surface area contributed by atoms with Crippen LogP contribution in [0.5, 0.6) is 0 Å². The second kappa shape index (κ2) is 1.86. The Hall–Kier alpha value is -0.530. The fourth-order valence-electron chi connectivity index (χ4n) is 2.50. The molecule has 1 saturated carbocycles. The summed E-state index contributed by atoms with van der Waals surface area (Å²) < 4.78 is 5.32. The predicted molar refractivity (Wildman–Crippen MR) is 45.5 cm³/mol. The smallest absolute Gasteiger partial charge is 0.310 e. The highest BCUT2D eigenvalue weighted by Gasteiger charge is 2.66. The highest BCUT2D eigenvalue weighted by molar-refractivity contribution is 5.79. The second-order valence-electron chi connectivity index (χ2n) is 5.29. The summed E-state index contributed by atoms with van der Waals surface area (Å²) in [5.41, 5.74) is -0.0309. The first-order chi connectivity index (χ1) is 5.34. The van der Waals surface area contributed by atoms with E-state index in [9.17, 15) is 4.79 Å².